The highest BCUT2D eigenvalue weighted by molar-refractivity contribution is 6.01. The van der Waals surface area contributed by atoms with E-state index in [9.17, 15) is 9.59 Å². The van der Waals surface area contributed by atoms with Gasteiger partial charge in [0.1, 0.15) is 5.75 Å². The summed E-state index contributed by atoms with van der Waals surface area (Å²) in [6, 6.07) is 19.7. The number of rotatable bonds is 7. The molecule has 29 heavy (non-hydrogen) atoms. The zero-order valence-electron chi connectivity index (χ0n) is 16.4. The Labute approximate surface area is 170 Å². The van der Waals surface area contributed by atoms with Gasteiger partial charge in [-0.05, 0) is 48.2 Å². The summed E-state index contributed by atoms with van der Waals surface area (Å²) in [4.78, 5) is 24.9. The van der Waals surface area contributed by atoms with Crippen LogP contribution in [0.25, 0.3) is 10.8 Å². The van der Waals surface area contributed by atoms with Gasteiger partial charge in [0, 0.05) is 12.6 Å². The first-order valence-corrected chi connectivity index (χ1v) is 9.87. The second kappa shape index (κ2) is 8.35. The Morgan fingerprint density at radius 3 is 2.38 bits per heavy atom. The first-order chi connectivity index (χ1) is 14.1. The third-order valence-corrected chi connectivity index (χ3v) is 4.97. The van der Waals surface area contributed by atoms with Crippen LogP contribution in [-0.4, -0.2) is 24.5 Å². The molecule has 0 aliphatic heterocycles. The van der Waals surface area contributed by atoms with E-state index in [1.54, 1.807) is 0 Å². The molecule has 1 aliphatic rings. The lowest BCUT2D eigenvalue weighted by atomic mass is 10.0. The van der Waals surface area contributed by atoms with Crippen molar-refractivity contribution in [3.05, 3.63) is 77.4 Å². The number of amides is 2. The van der Waals surface area contributed by atoms with Crippen LogP contribution in [0.15, 0.2) is 60.7 Å². The number of ether oxygens (including phenoxy) is 1. The molecular formula is C24H24N2O3. The number of carbonyl (C=O) groups is 2. The van der Waals surface area contributed by atoms with Gasteiger partial charge in [0.2, 0.25) is 0 Å². The van der Waals surface area contributed by atoms with Crippen molar-refractivity contribution in [2.45, 2.75) is 32.4 Å². The molecule has 0 saturated heterocycles. The lowest BCUT2D eigenvalue weighted by Gasteiger charge is -2.13. The topological polar surface area (TPSA) is 67.4 Å². The molecule has 3 aromatic rings. The van der Waals surface area contributed by atoms with Crippen molar-refractivity contribution in [2.24, 2.45) is 0 Å². The number of carbonyl (C=O) groups excluding carboxylic acids is 2. The summed E-state index contributed by atoms with van der Waals surface area (Å²) >= 11 is 0. The first-order valence-electron chi connectivity index (χ1n) is 9.87. The monoisotopic (exact) mass is 388 g/mol. The number of aryl methyl sites for hydroxylation is 1. The summed E-state index contributed by atoms with van der Waals surface area (Å²) in [5.41, 5.74) is 2.63. The fraction of sp³-hybridized carbons (Fsp3) is 0.250. The van der Waals surface area contributed by atoms with Gasteiger partial charge in [-0.25, -0.2) is 0 Å². The van der Waals surface area contributed by atoms with Crippen LogP contribution in [0.5, 0.6) is 5.75 Å². The molecule has 4 rings (SSSR count). The molecule has 0 radical (unpaired) electrons. The fourth-order valence-corrected chi connectivity index (χ4v) is 3.14. The van der Waals surface area contributed by atoms with E-state index in [0.29, 0.717) is 17.9 Å². The maximum Gasteiger partial charge on any atom is 0.258 e. The number of hydrogen-bond donors (Lipinski definition) is 2. The highest BCUT2D eigenvalue weighted by atomic mass is 16.5. The molecule has 5 heteroatoms. The molecule has 0 bridgehead atoms. The molecule has 3 aromatic carbocycles. The average molecular weight is 388 g/mol. The third-order valence-electron chi connectivity index (χ3n) is 4.97. The summed E-state index contributed by atoms with van der Waals surface area (Å²) in [7, 11) is 0. The number of fused-ring (bicyclic) bond motifs is 1. The van der Waals surface area contributed by atoms with Crippen LogP contribution in [0.1, 0.15) is 34.3 Å². The van der Waals surface area contributed by atoms with Crippen LogP contribution >= 0.6 is 0 Å². The predicted octanol–water partition coefficient (Wildman–Crippen LogP) is 3.74. The van der Waals surface area contributed by atoms with Crippen LogP contribution in [0.2, 0.25) is 0 Å². The molecule has 0 unspecified atom stereocenters. The van der Waals surface area contributed by atoms with Crippen LogP contribution in [0.4, 0.5) is 0 Å². The van der Waals surface area contributed by atoms with Gasteiger partial charge in [-0.3, -0.25) is 9.59 Å². The lowest BCUT2D eigenvalue weighted by Crippen LogP contribution is -2.31. The molecular weight excluding hydrogens is 364 g/mol. The van der Waals surface area contributed by atoms with Crippen LogP contribution in [0.3, 0.4) is 0 Å². The summed E-state index contributed by atoms with van der Waals surface area (Å²) < 4.78 is 5.75. The van der Waals surface area contributed by atoms with Crippen molar-refractivity contribution >= 4 is 22.6 Å². The quantitative estimate of drug-likeness (QED) is 0.648. The Morgan fingerprint density at radius 1 is 1.00 bits per heavy atom. The molecule has 148 valence electrons. The lowest BCUT2D eigenvalue weighted by molar-refractivity contribution is -0.123. The number of nitrogens with one attached hydrogen (secondary N) is 2. The second-order valence-electron chi connectivity index (χ2n) is 7.49. The first kappa shape index (κ1) is 19.0. The Hall–Kier alpha value is -3.34. The normalized spacial score (nSPS) is 13.1. The van der Waals surface area contributed by atoms with E-state index < -0.39 is 0 Å². The van der Waals surface area contributed by atoms with Gasteiger partial charge in [-0.2, -0.15) is 0 Å². The molecule has 0 spiro atoms. The van der Waals surface area contributed by atoms with E-state index in [2.05, 4.69) is 10.6 Å². The molecule has 0 heterocycles. The largest absolute Gasteiger partial charge is 0.483 e. The molecule has 0 atom stereocenters. The minimum absolute atomic E-state index is 0.104. The van der Waals surface area contributed by atoms with Crippen LogP contribution in [-0.2, 0) is 11.3 Å². The van der Waals surface area contributed by atoms with Gasteiger partial charge >= 0.3 is 0 Å². The summed E-state index contributed by atoms with van der Waals surface area (Å²) in [6.07, 6.45) is 2.04. The standard InChI is InChI=1S/C24H24N2O3/c1-16-6-8-17(9-7-16)14-25-24(28)21-12-18-4-2-3-5-19(18)13-22(21)29-15-23(27)26-20-10-11-20/h2-9,12-13,20H,10-11,14-15H2,1H3,(H,25,28)(H,26,27). The van der Waals surface area contributed by atoms with E-state index >= 15 is 0 Å². The van der Waals surface area contributed by atoms with Crippen LogP contribution < -0.4 is 15.4 Å². The molecule has 2 N–H and O–H groups in total. The van der Waals surface area contributed by atoms with Gasteiger partial charge in [-0.15, -0.1) is 0 Å². The van der Waals surface area contributed by atoms with Crippen molar-refractivity contribution in [3.63, 3.8) is 0 Å². The highest BCUT2D eigenvalue weighted by Gasteiger charge is 2.23. The molecule has 0 aromatic heterocycles. The fourth-order valence-electron chi connectivity index (χ4n) is 3.14. The van der Waals surface area contributed by atoms with Gasteiger partial charge < -0.3 is 15.4 Å². The SMILES string of the molecule is Cc1ccc(CNC(=O)c2cc3ccccc3cc2OCC(=O)NC2CC2)cc1. The maximum absolute atomic E-state index is 12.9. The van der Waals surface area contributed by atoms with Crippen molar-refractivity contribution in [1.29, 1.82) is 0 Å². The van der Waals surface area contributed by atoms with Gasteiger partial charge in [-0.1, -0.05) is 54.1 Å². The Morgan fingerprint density at radius 2 is 1.69 bits per heavy atom. The van der Waals surface area contributed by atoms with E-state index in [1.807, 2.05) is 67.6 Å². The Kier molecular flexibility index (Phi) is 5.47. The summed E-state index contributed by atoms with van der Waals surface area (Å²) in [6.45, 7) is 2.35. The molecule has 1 fully saturated rings. The predicted molar refractivity (Wildman–Crippen MR) is 113 cm³/mol. The molecule has 2 amide bonds. The Bertz CT molecular complexity index is 1040. The van der Waals surface area contributed by atoms with E-state index in [0.717, 1.165) is 29.2 Å². The molecule has 1 aliphatic carbocycles. The molecule has 5 nitrogen and oxygen atoms in total. The van der Waals surface area contributed by atoms with E-state index in [-0.39, 0.29) is 24.5 Å². The Balaban J connectivity index is 1.52. The molecule has 1 saturated carbocycles. The summed E-state index contributed by atoms with van der Waals surface area (Å²) in [5, 5.41) is 7.75. The highest BCUT2D eigenvalue weighted by Crippen LogP contribution is 2.26. The van der Waals surface area contributed by atoms with Crippen molar-refractivity contribution < 1.29 is 14.3 Å². The average Bonchev–Trinajstić information content (AvgIpc) is 3.55. The number of benzene rings is 3. The third kappa shape index (κ3) is 4.93. The van der Waals surface area contributed by atoms with Crippen molar-refractivity contribution in [2.75, 3.05) is 6.61 Å². The van der Waals surface area contributed by atoms with E-state index in [1.165, 1.54) is 5.56 Å². The van der Waals surface area contributed by atoms with Gasteiger partial charge in [0.25, 0.3) is 11.8 Å². The minimum atomic E-state index is -0.228. The summed E-state index contributed by atoms with van der Waals surface area (Å²) in [5.74, 6) is 0.0247. The van der Waals surface area contributed by atoms with E-state index in [4.69, 9.17) is 4.74 Å². The zero-order chi connectivity index (χ0) is 20.2. The van der Waals surface area contributed by atoms with Crippen LogP contribution in [0, 0.1) is 6.92 Å². The minimum Gasteiger partial charge on any atom is -0.483 e. The second-order valence-corrected chi connectivity index (χ2v) is 7.49. The van der Waals surface area contributed by atoms with Crippen molar-refractivity contribution in [3.8, 4) is 5.75 Å². The zero-order valence-corrected chi connectivity index (χ0v) is 16.4. The smallest absolute Gasteiger partial charge is 0.258 e. The maximum atomic E-state index is 12.9. The van der Waals surface area contributed by atoms with Gasteiger partial charge in [0.05, 0.1) is 5.56 Å². The number of hydrogen-bond acceptors (Lipinski definition) is 3. The van der Waals surface area contributed by atoms with Gasteiger partial charge in [0.15, 0.2) is 6.61 Å². The van der Waals surface area contributed by atoms with Crippen molar-refractivity contribution in [1.82, 2.24) is 10.6 Å².